The molecule has 3 nitrogen and oxygen atoms in total. The lowest BCUT2D eigenvalue weighted by atomic mass is 9.87. The maximum absolute atomic E-state index is 11.8. The molecule has 0 amide bonds. The van der Waals surface area contributed by atoms with Crippen molar-refractivity contribution in [3.63, 3.8) is 0 Å². The van der Waals surface area contributed by atoms with Crippen LogP contribution in [0, 0.1) is 0 Å². The second-order valence-electron chi connectivity index (χ2n) is 4.77. The first-order valence-electron chi connectivity index (χ1n) is 6.81. The average Bonchev–Trinajstić information content (AvgIpc) is 2.54. The largest absolute Gasteiger partial charge is 0.547 e. The number of thioether (sulfide) groups is 1. The van der Waals surface area contributed by atoms with Gasteiger partial charge < -0.3 is 15.2 Å². The number of benzene rings is 2. The second-order valence-corrected chi connectivity index (χ2v) is 5.65. The van der Waals surface area contributed by atoms with Crippen molar-refractivity contribution in [1.82, 2.24) is 0 Å². The third kappa shape index (κ3) is 3.22. The number of rotatable bonds is 6. The quantitative estimate of drug-likeness (QED) is 0.834. The van der Waals surface area contributed by atoms with Crippen LogP contribution in [0.3, 0.4) is 0 Å². The third-order valence-corrected chi connectivity index (χ3v) is 4.34. The number of nitrogens with one attached hydrogen (secondary N) is 1. The van der Waals surface area contributed by atoms with Gasteiger partial charge in [-0.2, -0.15) is 0 Å². The fourth-order valence-electron chi connectivity index (χ4n) is 2.32. The summed E-state index contributed by atoms with van der Waals surface area (Å²) in [5, 5.41) is 14.9. The van der Waals surface area contributed by atoms with Gasteiger partial charge >= 0.3 is 0 Å². The molecule has 0 radical (unpaired) electrons. The lowest BCUT2D eigenvalue weighted by Crippen LogP contribution is -2.51. The molecule has 0 saturated heterocycles. The van der Waals surface area contributed by atoms with E-state index >= 15 is 0 Å². The van der Waals surface area contributed by atoms with Crippen molar-refractivity contribution in [3.8, 4) is 0 Å². The van der Waals surface area contributed by atoms with Crippen LogP contribution >= 0.6 is 11.8 Å². The van der Waals surface area contributed by atoms with Crippen LogP contribution in [0.1, 0.15) is 18.9 Å². The molecule has 0 fully saturated rings. The van der Waals surface area contributed by atoms with E-state index in [0.717, 1.165) is 10.6 Å². The highest BCUT2D eigenvalue weighted by molar-refractivity contribution is 7.98. The van der Waals surface area contributed by atoms with Crippen LogP contribution in [-0.2, 0) is 10.3 Å². The van der Waals surface area contributed by atoms with Gasteiger partial charge in [-0.25, -0.2) is 0 Å². The summed E-state index contributed by atoms with van der Waals surface area (Å²) >= 11 is 1.65. The Morgan fingerprint density at radius 2 is 1.76 bits per heavy atom. The molecule has 2 aromatic carbocycles. The maximum atomic E-state index is 11.8. The predicted octanol–water partition coefficient (Wildman–Crippen LogP) is 2.88. The SMILES string of the molecule is CCC(Nc1ccc(SC)cc1)(C(=O)[O-])c1ccccc1. The minimum atomic E-state index is -1.22. The molecule has 0 heterocycles. The van der Waals surface area contributed by atoms with Crippen LogP contribution < -0.4 is 10.4 Å². The minimum Gasteiger partial charge on any atom is -0.547 e. The monoisotopic (exact) mass is 300 g/mol. The molecule has 0 saturated carbocycles. The molecule has 2 rings (SSSR count). The van der Waals surface area contributed by atoms with Gasteiger partial charge in [0, 0.05) is 10.6 Å². The van der Waals surface area contributed by atoms with E-state index in [1.807, 2.05) is 67.8 Å². The number of hydrogen-bond donors (Lipinski definition) is 1. The Morgan fingerprint density at radius 3 is 2.24 bits per heavy atom. The molecule has 0 spiro atoms. The van der Waals surface area contributed by atoms with Crippen LogP contribution in [0.15, 0.2) is 59.5 Å². The van der Waals surface area contributed by atoms with Crippen molar-refractivity contribution >= 4 is 23.4 Å². The Morgan fingerprint density at radius 1 is 1.14 bits per heavy atom. The molecule has 2 aromatic rings. The third-order valence-electron chi connectivity index (χ3n) is 3.59. The van der Waals surface area contributed by atoms with Gasteiger partial charge in [-0.15, -0.1) is 11.8 Å². The van der Waals surface area contributed by atoms with Crippen LogP contribution in [0.4, 0.5) is 5.69 Å². The van der Waals surface area contributed by atoms with E-state index < -0.39 is 11.5 Å². The fraction of sp³-hybridized carbons (Fsp3) is 0.235. The summed E-state index contributed by atoms with van der Waals surface area (Å²) in [7, 11) is 0. The van der Waals surface area contributed by atoms with Gasteiger partial charge in [0.25, 0.3) is 0 Å². The molecule has 0 aliphatic heterocycles. The zero-order valence-electron chi connectivity index (χ0n) is 12.1. The van der Waals surface area contributed by atoms with Crippen molar-refractivity contribution in [2.75, 3.05) is 11.6 Å². The Kier molecular flexibility index (Phi) is 4.91. The molecule has 0 aliphatic carbocycles. The Bertz CT molecular complexity index is 598. The summed E-state index contributed by atoms with van der Waals surface area (Å²) in [4.78, 5) is 12.9. The summed E-state index contributed by atoms with van der Waals surface area (Å²) in [6, 6.07) is 16.9. The van der Waals surface area contributed by atoms with E-state index in [-0.39, 0.29) is 0 Å². The van der Waals surface area contributed by atoms with Crippen molar-refractivity contribution in [3.05, 3.63) is 60.2 Å². The first-order chi connectivity index (χ1) is 10.1. The highest BCUT2D eigenvalue weighted by Crippen LogP contribution is 2.30. The van der Waals surface area contributed by atoms with E-state index in [1.165, 1.54) is 0 Å². The molecule has 21 heavy (non-hydrogen) atoms. The molecular formula is C17H18NO2S-. The molecule has 0 aromatic heterocycles. The highest BCUT2D eigenvalue weighted by atomic mass is 32.2. The average molecular weight is 300 g/mol. The number of carboxylic acids is 1. The van der Waals surface area contributed by atoms with Gasteiger partial charge in [-0.3, -0.25) is 0 Å². The van der Waals surface area contributed by atoms with Gasteiger partial charge in [0.1, 0.15) is 5.54 Å². The summed E-state index contributed by atoms with van der Waals surface area (Å²) in [5.74, 6) is -1.12. The predicted molar refractivity (Wildman–Crippen MR) is 85.3 cm³/mol. The first kappa shape index (κ1) is 15.4. The maximum Gasteiger partial charge on any atom is 0.102 e. The van der Waals surface area contributed by atoms with Crippen LogP contribution in [0.2, 0.25) is 0 Å². The van der Waals surface area contributed by atoms with Gasteiger partial charge in [-0.1, -0.05) is 37.3 Å². The molecular weight excluding hydrogens is 282 g/mol. The van der Waals surface area contributed by atoms with Crippen molar-refractivity contribution in [2.24, 2.45) is 0 Å². The van der Waals surface area contributed by atoms with Crippen LogP contribution in [0.5, 0.6) is 0 Å². The van der Waals surface area contributed by atoms with E-state index in [1.54, 1.807) is 11.8 Å². The molecule has 4 heteroatoms. The van der Waals surface area contributed by atoms with E-state index in [2.05, 4.69) is 5.32 Å². The zero-order chi connectivity index (χ0) is 15.3. The lowest BCUT2D eigenvalue weighted by Gasteiger charge is -2.36. The molecule has 0 aliphatic rings. The number of carbonyl (C=O) groups excluding carboxylic acids is 1. The van der Waals surface area contributed by atoms with E-state index in [9.17, 15) is 9.90 Å². The summed E-state index contributed by atoms with van der Waals surface area (Å²) < 4.78 is 0. The smallest absolute Gasteiger partial charge is 0.102 e. The summed E-state index contributed by atoms with van der Waals surface area (Å²) in [6.07, 6.45) is 2.40. The number of hydrogen-bond acceptors (Lipinski definition) is 4. The highest BCUT2D eigenvalue weighted by Gasteiger charge is 2.31. The van der Waals surface area contributed by atoms with Crippen molar-refractivity contribution in [2.45, 2.75) is 23.8 Å². The summed E-state index contributed by atoms with van der Waals surface area (Å²) in [5.41, 5.74) is 0.242. The van der Waals surface area contributed by atoms with Gasteiger partial charge in [-0.05, 0) is 42.5 Å². The molecule has 110 valence electrons. The normalized spacial score (nSPS) is 13.4. The topological polar surface area (TPSA) is 52.2 Å². The minimum absolute atomic E-state index is 0.392. The van der Waals surface area contributed by atoms with Crippen molar-refractivity contribution < 1.29 is 9.90 Å². The molecule has 1 atom stereocenters. The Labute approximate surface area is 129 Å². The first-order valence-corrected chi connectivity index (χ1v) is 8.04. The van der Waals surface area contributed by atoms with Gasteiger partial charge in [0.2, 0.25) is 0 Å². The lowest BCUT2D eigenvalue weighted by molar-refractivity contribution is -0.312. The number of aliphatic carboxylic acids is 1. The molecule has 1 N–H and O–H groups in total. The Balaban J connectivity index is 2.38. The van der Waals surface area contributed by atoms with Crippen LogP contribution in [-0.4, -0.2) is 12.2 Å². The zero-order valence-corrected chi connectivity index (χ0v) is 12.9. The van der Waals surface area contributed by atoms with Gasteiger partial charge in [0.15, 0.2) is 0 Å². The number of carboxylic acid groups (broad SMARTS) is 1. The standard InChI is InChI=1S/C17H19NO2S/c1-3-17(16(19)20,13-7-5-4-6-8-13)18-14-9-11-15(21-2)12-10-14/h4-12,18H,3H2,1-2H3,(H,19,20)/p-1. The van der Waals surface area contributed by atoms with E-state index in [0.29, 0.717) is 12.0 Å². The Hall–Kier alpha value is -1.94. The van der Waals surface area contributed by atoms with E-state index in [4.69, 9.17) is 0 Å². The molecule has 0 bridgehead atoms. The van der Waals surface area contributed by atoms with Crippen molar-refractivity contribution in [1.29, 1.82) is 0 Å². The summed E-state index contributed by atoms with van der Waals surface area (Å²) in [6.45, 7) is 1.84. The van der Waals surface area contributed by atoms with Crippen LogP contribution in [0.25, 0.3) is 0 Å². The number of carbonyl (C=O) groups is 1. The molecule has 1 unspecified atom stereocenters. The van der Waals surface area contributed by atoms with Gasteiger partial charge in [0.05, 0.1) is 5.97 Å². The number of anilines is 1. The fourth-order valence-corrected chi connectivity index (χ4v) is 2.73. The second kappa shape index (κ2) is 6.68.